The lowest BCUT2D eigenvalue weighted by molar-refractivity contribution is 0.0108. The second-order valence-electron chi connectivity index (χ2n) is 4.77. The summed E-state index contributed by atoms with van der Waals surface area (Å²) in [5.74, 6) is 1.59. The third-order valence-electron chi connectivity index (χ3n) is 3.27. The van der Waals surface area contributed by atoms with Crippen LogP contribution in [0.5, 0.6) is 5.75 Å². The van der Waals surface area contributed by atoms with Crippen LogP contribution in [0.25, 0.3) is 10.8 Å². The first-order valence-corrected chi connectivity index (χ1v) is 6.32. The van der Waals surface area contributed by atoms with E-state index in [1.807, 2.05) is 36.4 Å². The van der Waals surface area contributed by atoms with E-state index in [2.05, 4.69) is 0 Å². The maximum absolute atomic E-state index is 5.94. The Labute approximate surface area is 106 Å². The molecule has 2 aromatic carbocycles. The highest BCUT2D eigenvalue weighted by molar-refractivity contribution is 5.96. The number of nitrogen functional groups attached to an aromatic ring is 1. The molecular weight excluding hydrogens is 226 g/mol. The summed E-state index contributed by atoms with van der Waals surface area (Å²) in [5.41, 5.74) is 6.72. The number of fused-ring (bicyclic) bond motifs is 1. The number of nitrogens with two attached hydrogens (primary N) is 1. The fraction of sp³-hybridized carbons (Fsp3) is 0.333. The van der Waals surface area contributed by atoms with Crippen LogP contribution >= 0.6 is 0 Å². The predicted molar refractivity (Wildman–Crippen MR) is 72.5 cm³/mol. The van der Waals surface area contributed by atoms with Crippen LogP contribution < -0.4 is 10.5 Å². The summed E-state index contributed by atoms with van der Waals surface area (Å²) in [6.07, 6.45) is 2.59. The van der Waals surface area contributed by atoms with Gasteiger partial charge in [-0.15, -0.1) is 0 Å². The molecule has 3 heteroatoms. The summed E-state index contributed by atoms with van der Waals surface area (Å²) >= 11 is 0. The minimum atomic E-state index is 0.310. The van der Waals surface area contributed by atoms with E-state index in [9.17, 15) is 0 Å². The number of ether oxygens (including phenoxy) is 2. The Morgan fingerprint density at radius 3 is 2.61 bits per heavy atom. The number of anilines is 1. The summed E-state index contributed by atoms with van der Waals surface area (Å²) in [6, 6.07) is 11.8. The summed E-state index contributed by atoms with van der Waals surface area (Å²) < 4.78 is 11.2. The van der Waals surface area contributed by atoms with Gasteiger partial charge < -0.3 is 15.2 Å². The number of benzene rings is 2. The van der Waals surface area contributed by atoms with Crippen molar-refractivity contribution in [3.8, 4) is 5.75 Å². The summed E-state index contributed by atoms with van der Waals surface area (Å²) in [6.45, 7) is 1.12. The van der Waals surface area contributed by atoms with Crippen molar-refractivity contribution in [2.45, 2.75) is 12.8 Å². The largest absolute Gasteiger partial charge is 0.467 e. The third kappa shape index (κ3) is 2.41. The molecule has 1 aliphatic carbocycles. The number of hydrogen-bond donors (Lipinski definition) is 1. The van der Waals surface area contributed by atoms with Crippen molar-refractivity contribution in [2.24, 2.45) is 5.92 Å². The Hall–Kier alpha value is -1.74. The van der Waals surface area contributed by atoms with Crippen LogP contribution in [-0.2, 0) is 4.74 Å². The fourth-order valence-corrected chi connectivity index (χ4v) is 2.03. The second kappa shape index (κ2) is 4.86. The van der Waals surface area contributed by atoms with E-state index < -0.39 is 0 Å². The molecule has 18 heavy (non-hydrogen) atoms. The lowest BCUT2D eigenvalue weighted by atomic mass is 10.1. The molecule has 0 heterocycles. The maximum Gasteiger partial charge on any atom is 0.189 e. The zero-order valence-corrected chi connectivity index (χ0v) is 10.3. The molecule has 1 saturated carbocycles. The number of rotatable bonds is 5. The Morgan fingerprint density at radius 2 is 1.83 bits per heavy atom. The van der Waals surface area contributed by atoms with E-state index >= 15 is 0 Å². The highest BCUT2D eigenvalue weighted by Crippen LogP contribution is 2.31. The molecule has 3 nitrogen and oxygen atoms in total. The van der Waals surface area contributed by atoms with E-state index in [-0.39, 0.29) is 0 Å². The van der Waals surface area contributed by atoms with Gasteiger partial charge >= 0.3 is 0 Å². The van der Waals surface area contributed by atoms with Crippen molar-refractivity contribution < 1.29 is 9.47 Å². The smallest absolute Gasteiger partial charge is 0.189 e. The second-order valence-corrected chi connectivity index (χ2v) is 4.77. The van der Waals surface area contributed by atoms with Gasteiger partial charge in [-0.3, -0.25) is 0 Å². The van der Waals surface area contributed by atoms with Gasteiger partial charge in [0.1, 0.15) is 5.75 Å². The van der Waals surface area contributed by atoms with Crippen molar-refractivity contribution in [1.29, 1.82) is 0 Å². The van der Waals surface area contributed by atoms with Crippen molar-refractivity contribution in [2.75, 3.05) is 19.1 Å². The van der Waals surface area contributed by atoms with Crippen LogP contribution in [0, 0.1) is 5.92 Å². The number of hydrogen-bond acceptors (Lipinski definition) is 3. The highest BCUT2D eigenvalue weighted by Gasteiger charge is 2.21. The van der Waals surface area contributed by atoms with E-state index in [4.69, 9.17) is 15.2 Å². The Kier molecular flexibility index (Phi) is 3.07. The molecule has 2 N–H and O–H groups in total. The Morgan fingerprint density at radius 1 is 1.06 bits per heavy atom. The Balaban J connectivity index is 1.72. The minimum Gasteiger partial charge on any atom is -0.467 e. The van der Waals surface area contributed by atoms with Crippen molar-refractivity contribution in [1.82, 2.24) is 0 Å². The molecule has 0 spiro atoms. The van der Waals surface area contributed by atoms with Gasteiger partial charge in [-0.2, -0.15) is 0 Å². The van der Waals surface area contributed by atoms with E-state index in [1.165, 1.54) is 12.8 Å². The third-order valence-corrected chi connectivity index (χ3v) is 3.27. The first-order chi connectivity index (χ1) is 8.84. The molecular formula is C15H17NO2. The van der Waals surface area contributed by atoms with Crippen LogP contribution in [0.2, 0.25) is 0 Å². The first kappa shape index (κ1) is 11.4. The highest BCUT2D eigenvalue weighted by atomic mass is 16.7. The van der Waals surface area contributed by atoms with Crippen LogP contribution in [0.4, 0.5) is 5.69 Å². The zero-order chi connectivity index (χ0) is 12.4. The lowest BCUT2D eigenvalue weighted by Crippen LogP contribution is -2.05. The maximum atomic E-state index is 5.94. The van der Waals surface area contributed by atoms with Crippen molar-refractivity contribution in [3.05, 3.63) is 36.4 Å². The average molecular weight is 243 g/mol. The molecule has 3 rings (SSSR count). The normalized spacial score (nSPS) is 14.9. The molecule has 0 aromatic heterocycles. The van der Waals surface area contributed by atoms with Gasteiger partial charge in [-0.1, -0.05) is 24.3 Å². The molecule has 0 bridgehead atoms. The van der Waals surface area contributed by atoms with Gasteiger partial charge in [-0.25, -0.2) is 0 Å². The molecule has 0 unspecified atom stereocenters. The van der Waals surface area contributed by atoms with Crippen LogP contribution in [0.3, 0.4) is 0 Å². The molecule has 1 fully saturated rings. The summed E-state index contributed by atoms with van der Waals surface area (Å²) in [7, 11) is 0. The van der Waals surface area contributed by atoms with Gasteiger partial charge in [0.05, 0.1) is 6.61 Å². The fourth-order valence-electron chi connectivity index (χ4n) is 2.03. The van der Waals surface area contributed by atoms with Gasteiger partial charge in [0.2, 0.25) is 0 Å². The van der Waals surface area contributed by atoms with Crippen LogP contribution in [0.1, 0.15) is 12.8 Å². The summed E-state index contributed by atoms with van der Waals surface area (Å²) in [4.78, 5) is 0. The SMILES string of the molecule is Nc1ccc(OCOCC2CC2)c2ccccc12. The molecule has 0 aliphatic heterocycles. The molecule has 0 radical (unpaired) electrons. The van der Waals surface area contributed by atoms with E-state index in [0.717, 1.165) is 34.7 Å². The van der Waals surface area contributed by atoms with Gasteiger partial charge in [-0.05, 0) is 30.9 Å². The van der Waals surface area contributed by atoms with Gasteiger partial charge in [0.15, 0.2) is 6.79 Å². The predicted octanol–water partition coefficient (Wildman–Crippen LogP) is 3.18. The van der Waals surface area contributed by atoms with E-state index in [0.29, 0.717) is 6.79 Å². The van der Waals surface area contributed by atoms with Crippen molar-refractivity contribution >= 4 is 16.5 Å². The zero-order valence-electron chi connectivity index (χ0n) is 10.3. The topological polar surface area (TPSA) is 44.5 Å². The van der Waals surface area contributed by atoms with Gasteiger partial charge in [0, 0.05) is 16.5 Å². The van der Waals surface area contributed by atoms with Crippen LogP contribution in [0.15, 0.2) is 36.4 Å². The monoisotopic (exact) mass is 243 g/mol. The van der Waals surface area contributed by atoms with Crippen molar-refractivity contribution in [3.63, 3.8) is 0 Å². The van der Waals surface area contributed by atoms with Gasteiger partial charge in [0.25, 0.3) is 0 Å². The lowest BCUT2D eigenvalue weighted by Gasteiger charge is -2.11. The molecule has 94 valence electrons. The molecule has 0 amide bonds. The molecule has 0 saturated heterocycles. The standard InChI is InChI=1S/C15H17NO2/c16-14-7-8-15(13-4-2-1-3-12(13)14)18-10-17-9-11-5-6-11/h1-4,7-8,11H,5-6,9-10,16H2. The molecule has 1 aliphatic rings. The quantitative estimate of drug-likeness (QED) is 0.498. The molecule has 0 atom stereocenters. The molecule has 2 aromatic rings. The average Bonchev–Trinajstić information content (AvgIpc) is 3.21. The first-order valence-electron chi connectivity index (χ1n) is 6.32. The summed E-state index contributed by atoms with van der Waals surface area (Å²) in [5, 5.41) is 2.06. The Bertz CT molecular complexity index is 549. The van der Waals surface area contributed by atoms with E-state index in [1.54, 1.807) is 0 Å². The minimum absolute atomic E-state index is 0.310. The van der Waals surface area contributed by atoms with Crippen LogP contribution in [-0.4, -0.2) is 13.4 Å².